The van der Waals surface area contributed by atoms with Crippen LogP contribution in [0.4, 0.5) is 18.9 Å². The van der Waals surface area contributed by atoms with Gasteiger partial charge in [0.1, 0.15) is 29.2 Å². The van der Waals surface area contributed by atoms with Gasteiger partial charge < -0.3 is 20.9 Å². The molecule has 1 fully saturated rings. The van der Waals surface area contributed by atoms with Crippen molar-refractivity contribution in [3.63, 3.8) is 0 Å². The fourth-order valence-corrected chi connectivity index (χ4v) is 4.74. The highest BCUT2D eigenvalue weighted by Gasteiger charge is 2.34. The molecule has 184 valence electrons. The van der Waals surface area contributed by atoms with E-state index in [1.54, 1.807) is 11.0 Å². The molecular weight excluding hydrogens is 469 g/mol. The van der Waals surface area contributed by atoms with Crippen LogP contribution in [0.3, 0.4) is 0 Å². The van der Waals surface area contributed by atoms with Gasteiger partial charge >= 0.3 is 0 Å². The van der Waals surface area contributed by atoms with Crippen molar-refractivity contribution in [3.8, 4) is 0 Å². The number of aromatic nitrogens is 1. The lowest BCUT2D eigenvalue weighted by Gasteiger charge is -2.25. The van der Waals surface area contributed by atoms with Crippen molar-refractivity contribution in [1.82, 2.24) is 15.2 Å². The molecule has 6 nitrogen and oxygen atoms in total. The number of H-pyrrole nitrogens is 1. The molecule has 1 aliphatic rings. The van der Waals surface area contributed by atoms with Crippen LogP contribution in [0.1, 0.15) is 40.0 Å². The number of benzene rings is 3. The first-order valence-electron chi connectivity index (χ1n) is 11.5. The number of rotatable bonds is 5. The molecule has 4 aromatic rings. The molecule has 0 bridgehead atoms. The zero-order valence-corrected chi connectivity index (χ0v) is 19.1. The maximum atomic E-state index is 14.1. The van der Waals surface area contributed by atoms with Crippen LogP contribution in [0.15, 0.2) is 66.7 Å². The van der Waals surface area contributed by atoms with Gasteiger partial charge in [-0.15, -0.1) is 0 Å². The minimum absolute atomic E-state index is 0.0265. The fourth-order valence-electron chi connectivity index (χ4n) is 4.74. The maximum absolute atomic E-state index is 14.1. The minimum atomic E-state index is -1.21. The molecule has 0 saturated carbocycles. The molecule has 2 heterocycles. The second-order valence-electron chi connectivity index (χ2n) is 8.86. The van der Waals surface area contributed by atoms with E-state index < -0.39 is 35.3 Å². The molecule has 9 heteroatoms. The zero-order valence-electron chi connectivity index (χ0n) is 19.1. The van der Waals surface area contributed by atoms with Crippen molar-refractivity contribution in [2.24, 2.45) is 0 Å². The van der Waals surface area contributed by atoms with Crippen LogP contribution in [-0.2, 0) is 4.79 Å². The van der Waals surface area contributed by atoms with Gasteiger partial charge in [0.15, 0.2) is 0 Å². The molecule has 1 saturated heterocycles. The average molecular weight is 493 g/mol. The summed E-state index contributed by atoms with van der Waals surface area (Å²) in [5, 5.41) is 2.54. The largest absolute Gasteiger partial charge is 0.398 e. The van der Waals surface area contributed by atoms with Gasteiger partial charge in [-0.2, -0.15) is 0 Å². The van der Waals surface area contributed by atoms with Crippen molar-refractivity contribution < 1.29 is 22.8 Å². The Balaban J connectivity index is 1.42. The molecule has 2 atom stereocenters. The minimum Gasteiger partial charge on any atom is -0.398 e. The van der Waals surface area contributed by atoms with Gasteiger partial charge in [-0.3, -0.25) is 9.59 Å². The molecule has 0 radical (unpaired) electrons. The third-order valence-corrected chi connectivity index (χ3v) is 6.57. The predicted molar refractivity (Wildman–Crippen MR) is 130 cm³/mol. The predicted octanol–water partition coefficient (Wildman–Crippen LogP) is 4.65. The molecular formula is C27H23F3N4O2. The van der Waals surface area contributed by atoms with Gasteiger partial charge in [0.05, 0.1) is 5.52 Å². The van der Waals surface area contributed by atoms with Crippen molar-refractivity contribution in [1.29, 1.82) is 0 Å². The summed E-state index contributed by atoms with van der Waals surface area (Å²) in [6.07, 6.45) is 0.685. The number of halogens is 3. The number of hydrogen-bond acceptors (Lipinski definition) is 3. The molecule has 3 aromatic carbocycles. The van der Waals surface area contributed by atoms with Gasteiger partial charge in [0, 0.05) is 30.1 Å². The van der Waals surface area contributed by atoms with Crippen LogP contribution in [-0.4, -0.2) is 34.8 Å². The highest BCUT2D eigenvalue weighted by atomic mass is 19.1. The summed E-state index contributed by atoms with van der Waals surface area (Å²) in [7, 11) is 0. The third kappa shape index (κ3) is 4.39. The molecule has 1 aliphatic heterocycles. The Labute approximate surface area is 204 Å². The number of nitrogens with one attached hydrogen (secondary N) is 2. The van der Waals surface area contributed by atoms with E-state index >= 15 is 0 Å². The van der Waals surface area contributed by atoms with E-state index in [1.807, 2.05) is 24.3 Å². The summed E-state index contributed by atoms with van der Waals surface area (Å²) >= 11 is 0. The first-order chi connectivity index (χ1) is 17.3. The van der Waals surface area contributed by atoms with Crippen molar-refractivity contribution in [2.75, 3.05) is 18.8 Å². The van der Waals surface area contributed by atoms with Gasteiger partial charge in [-0.1, -0.05) is 30.3 Å². The van der Waals surface area contributed by atoms with Crippen LogP contribution in [0.2, 0.25) is 0 Å². The number of amides is 2. The van der Waals surface area contributed by atoms with Gasteiger partial charge in [0.2, 0.25) is 5.91 Å². The van der Waals surface area contributed by atoms with E-state index in [2.05, 4.69) is 10.3 Å². The number of para-hydroxylation sites is 1. The summed E-state index contributed by atoms with van der Waals surface area (Å²) in [6, 6.07) is 14.8. The van der Waals surface area contributed by atoms with Gasteiger partial charge in [-0.25, -0.2) is 13.2 Å². The van der Waals surface area contributed by atoms with Crippen LogP contribution in [0.25, 0.3) is 10.9 Å². The number of aromatic amines is 1. The molecule has 5 rings (SSSR count). The Kier molecular flexibility index (Phi) is 6.13. The lowest BCUT2D eigenvalue weighted by molar-refractivity contribution is -0.132. The molecule has 1 aromatic heterocycles. The Hall–Kier alpha value is -4.27. The molecule has 4 N–H and O–H groups in total. The highest BCUT2D eigenvalue weighted by Crippen LogP contribution is 2.32. The van der Waals surface area contributed by atoms with E-state index in [4.69, 9.17) is 5.73 Å². The van der Waals surface area contributed by atoms with E-state index in [0.717, 1.165) is 17.7 Å². The smallest absolute Gasteiger partial charge is 0.268 e. The number of nitrogens with two attached hydrogens (primary N) is 1. The average Bonchev–Trinajstić information content (AvgIpc) is 3.54. The van der Waals surface area contributed by atoms with Gasteiger partial charge in [0.25, 0.3) is 5.91 Å². The summed E-state index contributed by atoms with van der Waals surface area (Å²) in [4.78, 5) is 30.9. The van der Waals surface area contributed by atoms with Crippen molar-refractivity contribution >= 4 is 28.4 Å². The van der Waals surface area contributed by atoms with Crippen LogP contribution >= 0.6 is 0 Å². The fraction of sp³-hybridized carbons (Fsp3) is 0.185. The molecule has 0 spiro atoms. The number of nitrogens with zero attached hydrogens (tertiary/aromatic N) is 1. The summed E-state index contributed by atoms with van der Waals surface area (Å²) in [5.74, 6) is -3.12. The standard InChI is InChI=1S/C27H23F3N4O2/c28-17-5-3-4-15(12-17)24(27(36)34-11-10-16(14-34)18-6-1-2-7-22(18)31)33-26(35)23-13-19-20(29)8-9-21(30)25(19)32-23/h1-9,12-13,16,24,32H,10-11,14,31H2,(H,33,35). The highest BCUT2D eigenvalue weighted by molar-refractivity contribution is 6.00. The number of carbonyl (C=O) groups is 2. The number of nitrogen functional groups attached to an aromatic ring is 1. The Morgan fingerprint density at radius 1 is 1.00 bits per heavy atom. The first-order valence-corrected chi connectivity index (χ1v) is 11.5. The molecule has 36 heavy (non-hydrogen) atoms. The number of carbonyl (C=O) groups excluding carboxylic acids is 2. The number of hydrogen-bond donors (Lipinski definition) is 3. The molecule has 2 amide bonds. The van der Waals surface area contributed by atoms with Crippen molar-refractivity contribution in [2.45, 2.75) is 18.4 Å². The van der Waals surface area contributed by atoms with Crippen LogP contribution in [0.5, 0.6) is 0 Å². The second kappa shape index (κ2) is 9.41. The van der Waals surface area contributed by atoms with Crippen molar-refractivity contribution in [3.05, 3.63) is 101 Å². The SMILES string of the molecule is Nc1ccccc1C1CCN(C(=O)C(NC(=O)c2cc3c(F)ccc(F)c3[nH]2)c2cccc(F)c2)C1. The molecule has 0 aliphatic carbocycles. The summed E-state index contributed by atoms with van der Waals surface area (Å²) < 4.78 is 42.3. The van der Waals surface area contributed by atoms with Crippen LogP contribution in [0, 0.1) is 17.5 Å². The molecule has 2 unspecified atom stereocenters. The summed E-state index contributed by atoms with van der Waals surface area (Å²) in [5.41, 5.74) is 7.68. The first kappa shape index (κ1) is 23.5. The van der Waals surface area contributed by atoms with Gasteiger partial charge in [-0.05, 0) is 53.9 Å². The quantitative estimate of drug-likeness (QED) is 0.354. The maximum Gasteiger partial charge on any atom is 0.268 e. The lowest BCUT2D eigenvalue weighted by Crippen LogP contribution is -2.42. The second-order valence-corrected chi connectivity index (χ2v) is 8.86. The van der Waals surface area contributed by atoms with Crippen LogP contribution < -0.4 is 11.1 Å². The van der Waals surface area contributed by atoms with E-state index in [1.165, 1.54) is 24.3 Å². The number of anilines is 1. The Morgan fingerprint density at radius 3 is 2.53 bits per heavy atom. The lowest BCUT2D eigenvalue weighted by atomic mass is 9.97. The topological polar surface area (TPSA) is 91.2 Å². The van der Waals surface area contributed by atoms with E-state index in [0.29, 0.717) is 25.2 Å². The monoisotopic (exact) mass is 492 g/mol. The van der Waals surface area contributed by atoms with E-state index in [9.17, 15) is 22.8 Å². The zero-order chi connectivity index (χ0) is 25.4. The number of likely N-dealkylation sites (tertiary alicyclic amines) is 1. The normalized spacial score (nSPS) is 16.3. The Morgan fingerprint density at radius 2 is 1.78 bits per heavy atom. The van der Waals surface area contributed by atoms with E-state index in [-0.39, 0.29) is 28.1 Å². The summed E-state index contributed by atoms with van der Waals surface area (Å²) in [6.45, 7) is 0.819. The third-order valence-electron chi connectivity index (χ3n) is 6.57. The number of fused-ring (bicyclic) bond motifs is 1. The Bertz CT molecular complexity index is 1430.